The third-order valence-corrected chi connectivity index (χ3v) is 5.24. The molecule has 0 aromatic heterocycles. The monoisotopic (exact) mass is 375 g/mol. The molecule has 2 amide bonds. The number of anilines is 1. The molecule has 0 aliphatic carbocycles. The predicted molar refractivity (Wildman–Crippen MR) is 102 cm³/mol. The lowest BCUT2D eigenvalue weighted by atomic mass is 9.94. The van der Waals surface area contributed by atoms with Crippen LogP contribution in [-0.4, -0.2) is 56.7 Å². The maximum Gasteiger partial charge on any atom is 0.330 e. The third kappa shape index (κ3) is 4.86. The van der Waals surface area contributed by atoms with E-state index in [1.165, 1.54) is 30.2 Å². The second-order valence-electron chi connectivity index (χ2n) is 6.97. The molecule has 2 heterocycles. The number of nitrogens with zero attached hydrogens (tertiary/aromatic N) is 2. The van der Waals surface area contributed by atoms with Gasteiger partial charge < -0.3 is 15.0 Å². The summed E-state index contributed by atoms with van der Waals surface area (Å²) in [5, 5.41) is 3.35. The minimum Gasteiger partial charge on any atom is -0.466 e. The number of amides is 2. The molecule has 0 bridgehead atoms. The van der Waals surface area contributed by atoms with Gasteiger partial charge in [0.05, 0.1) is 12.8 Å². The molecule has 6 nitrogen and oxygen atoms in total. The molecule has 2 aliphatic rings. The van der Waals surface area contributed by atoms with Crippen molar-refractivity contribution in [1.82, 2.24) is 10.2 Å². The highest BCUT2D eigenvalue weighted by Crippen LogP contribution is 2.26. The molecule has 2 saturated heterocycles. The van der Waals surface area contributed by atoms with E-state index in [1.807, 2.05) is 4.90 Å². The topological polar surface area (TPSA) is 61.9 Å². The molecule has 0 radical (unpaired) electrons. The van der Waals surface area contributed by atoms with Crippen molar-refractivity contribution in [2.75, 3.05) is 44.7 Å². The van der Waals surface area contributed by atoms with Crippen molar-refractivity contribution in [2.24, 2.45) is 5.92 Å². The minimum atomic E-state index is -0.501. The number of carbonyl (C=O) groups excluding carboxylic acids is 2. The number of nitrogens with one attached hydrogen (secondary N) is 1. The van der Waals surface area contributed by atoms with Crippen LogP contribution in [-0.2, 0) is 9.53 Å². The molecule has 1 aromatic rings. The van der Waals surface area contributed by atoms with Crippen LogP contribution in [0.25, 0.3) is 6.08 Å². The molecule has 2 fully saturated rings. The van der Waals surface area contributed by atoms with E-state index in [0.29, 0.717) is 24.6 Å². The van der Waals surface area contributed by atoms with Gasteiger partial charge in [-0.2, -0.15) is 0 Å². The van der Waals surface area contributed by atoms with Crippen LogP contribution in [0, 0.1) is 11.7 Å². The van der Waals surface area contributed by atoms with Crippen LogP contribution in [0.4, 0.5) is 14.9 Å². The summed E-state index contributed by atoms with van der Waals surface area (Å²) in [6.45, 7) is 3.92. The van der Waals surface area contributed by atoms with Crippen LogP contribution in [0.1, 0.15) is 24.8 Å². The third-order valence-electron chi connectivity index (χ3n) is 5.24. The normalized spacial score (nSPS) is 18.5. The first kappa shape index (κ1) is 19.4. The lowest BCUT2D eigenvalue weighted by Gasteiger charge is -2.25. The Balaban J connectivity index is 1.60. The number of benzene rings is 1. The van der Waals surface area contributed by atoms with Crippen LogP contribution in [0.3, 0.4) is 0 Å². The van der Waals surface area contributed by atoms with E-state index in [1.54, 1.807) is 12.1 Å². The van der Waals surface area contributed by atoms with Crippen molar-refractivity contribution in [3.63, 3.8) is 0 Å². The molecule has 0 saturated carbocycles. The zero-order chi connectivity index (χ0) is 19.2. The number of hydrogen-bond acceptors (Lipinski definition) is 4. The molecule has 0 atom stereocenters. The van der Waals surface area contributed by atoms with E-state index in [2.05, 4.69) is 10.1 Å². The molecule has 1 aromatic carbocycles. The summed E-state index contributed by atoms with van der Waals surface area (Å²) in [7, 11) is 1.28. The van der Waals surface area contributed by atoms with Gasteiger partial charge in [-0.25, -0.2) is 14.0 Å². The Hall–Kier alpha value is -2.41. The first-order valence-electron chi connectivity index (χ1n) is 9.41. The Morgan fingerprint density at radius 1 is 1.33 bits per heavy atom. The Kier molecular flexibility index (Phi) is 6.45. The zero-order valence-corrected chi connectivity index (χ0v) is 15.6. The molecule has 2 aliphatic heterocycles. The summed E-state index contributed by atoms with van der Waals surface area (Å²) in [6.07, 6.45) is 6.02. The maximum atomic E-state index is 14.5. The Morgan fingerprint density at radius 3 is 2.81 bits per heavy atom. The summed E-state index contributed by atoms with van der Waals surface area (Å²) < 4.78 is 19.0. The second-order valence-corrected chi connectivity index (χ2v) is 6.97. The summed E-state index contributed by atoms with van der Waals surface area (Å²) in [4.78, 5) is 27.1. The van der Waals surface area contributed by atoms with Crippen LogP contribution in [0.5, 0.6) is 0 Å². The van der Waals surface area contributed by atoms with Gasteiger partial charge in [0, 0.05) is 25.7 Å². The summed E-state index contributed by atoms with van der Waals surface area (Å²) in [5.41, 5.74) is 0.815. The van der Waals surface area contributed by atoms with Crippen LogP contribution >= 0.6 is 0 Å². The first-order chi connectivity index (χ1) is 13.1. The van der Waals surface area contributed by atoms with Gasteiger partial charge >= 0.3 is 12.0 Å². The largest absolute Gasteiger partial charge is 0.466 e. The molecular formula is C20H26FN3O3. The molecule has 3 rings (SSSR count). The second kappa shape index (κ2) is 8.99. The Morgan fingerprint density at radius 2 is 2.11 bits per heavy atom. The van der Waals surface area contributed by atoms with E-state index in [4.69, 9.17) is 0 Å². The van der Waals surface area contributed by atoms with Gasteiger partial charge in [-0.05, 0) is 62.0 Å². The fourth-order valence-corrected chi connectivity index (χ4v) is 3.60. The molecule has 146 valence electrons. The molecule has 0 unspecified atom stereocenters. The Labute approximate surface area is 159 Å². The number of urea groups is 1. The van der Waals surface area contributed by atoms with Gasteiger partial charge in [0.25, 0.3) is 0 Å². The van der Waals surface area contributed by atoms with E-state index in [9.17, 15) is 14.0 Å². The van der Waals surface area contributed by atoms with Gasteiger partial charge in [0.15, 0.2) is 0 Å². The minimum absolute atomic E-state index is 0.138. The fourth-order valence-electron chi connectivity index (χ4n) is 3.60. The smallest absolute Gasteiger partial charge is 0.330 e. The molecule has 7 heteroatoms. The maximum absolute atomic E-state index is 14.5. The molecule has 1 N–H and O–H groups in total. The standard InChI is InChI=1S/C20H26FN3O3/c1-27-19(25)5-3-16-2-4-18(17(21)14-16)24-13-12-23(20(24)26)11-8-15-6-9-22-10-7-15/h2-5,14-15,22H,6-13H2,1H3. The van der Waals surface area contributed by atoms with Crippen molar-refractivity contribution in [2.45, 2.75) is 19.3 Å². The molecule has 27 heavy (non-hydrogen) atoms. The first-order valence-corrected chi connectivity index (χ1v) is 9.41. The van der Waals surface area contributed by atoms with E-state index in [0.717, 1.165) is 38.9 Å². The van der Waals surface area contributed by atoms with Gasteiger partial charge in [0.1, 0.15) is 5.82 Å². The van der Waals surface area contributed by atoms with Gasteiger partial charge in [-0.3, -0.25) is 4.90 Å². The van der Waals surface area contributed by atoms with E-state index < -0.39 is 11.8 Å². The zero-order valence-electron chi connectivity index (χ0n) is 15.6. The molecular weight excluding hydrogens is 349 g/mol. The number of halogens is 1. The highest BCUT2D eigenvalue weighted by atomic mass is 19.1. The van der Waals surface area contributed by atoms with Gasteiger partial charge in [-0.15, -0.1) is 0 Å². The molecule has 0 spiro atoms. The lowest BCUT2D eigenvalue weighted by Crippen LogP contribution is -2.35. The number of ether oxygens (including phenoxy) is 1. The van der Waals surface area contributed by atoms with Gasteiger partial charge in [-0.1, -0.05) is 6.07 Å². The number of rotatable bonds is 6. The van der Waals surface area contributed by atoms with E-state index in [-0.39, 0.29) is 11.7 Å². The van der Waals surface area contributed by atoms with Crippen LogP contribution < -0.4 is 10.2 Å². The van der Waals surface area contributed by atoms with Crippen LogP contribution in [0.2, 0.25) is 0 Å². The van der Waals surface area contributed by atoms with Crippen molar-refractivity contribution < 1.29 is 18.7 Å². The highest BCUT2D eigenvalue weighted by molar-refractivity contribution is 5.94. The van der Waals surface area contributed by atoms with E-state index >= 15 is 0 Å². The lowest BCUT2D eigenvalue weighted by molar-refractivity contribution is -0.134. The van der Waals surface area contributed by atoms with Crippen LogP contribution in [0.15, 0.2) is 24.3 Å². The van der Waals surface area contributed by atoms with Gasteiger partial charge in [0.2, 0.25) is 0 Å². The summed E-state index contributed by atoms with van der Waals surface area (Å²) >= 11 is 0. The quantitative estimate of drug-likeness (QED) is 0.613. The summed E-state index contributed by atoms with van der Waals surface area (Å²) in [5.74, 6) is -0.320. The Bertz CT molecular complexity index is 716. The number of piperidine rings is 1. The number of carbonyl (C=O) groups is 2. The predicted octanol–water partition coefficient (Wildman–Crippen LogP) is 2.64. The van der Waals surface area contributed by atoms with Crippen molar-refractivity contribution in [3.8, 4) is 0 Å². The van der Waals surface area contributed by atoms with Crippen molar-refractivity contribution >= 4 is 23.8 Å². The average molecular weight is 375 g/mol. The fraction of sp³-hybridized carbons (Fsp3) is 0.500. The van der Waals surface area contributed by atoms with Crippen molar-refractivity contribution in [3.05, 3.63) is 35.7 Å². The average Bonchev–Trinajstić information content (AvgIpc) is 3.05. The highest BCUT2D eigenvalue weighted by Gasteiger charge is 2.31. The summed E-state index contributed by atoms with van der Waals surface area (Å²) in [6, 6.07) is 4.45. The SMILES string of the molecule is COC(=O)C=Cc1ccc(N2CCN(CCC3CCNCC3)C2=O)c(F)c1. The number of methoxy groups -OCH3 is 1. The van der Waals surface area contributed by atoms with Crippen molar-refractivity contribution in [1.29, 1.82) is 0 Å². The number of hydrogen-bond donors (Lipinski definition) is 1. The number of esters is 1.